The van der Waals surface area contributed by atoms with Crippen molar-refractivity contribution in [1.29, 1.82) is 0 Å². The van der Waals surface area contributed by atoms with E-state index >= 15 is 0 Å². The van der Waals surface area contributed by atoms with Crippen molar-refractivity contribution in [1.82, 2.24) is 9.88 Å². The third-order valence-corrected chi connectivity index (χ3v) is 4.14. The molecule has 0 saturated heterocycles. The lowest BCUT2D eigenvalue weighted by atomic mass is 10.2. The molecule has 0 spiro atoms. The fourth-order valence-corrected chi connectivity index (χ4v) is 2.70. The molecule has 0 aliphatic carbocycles. The molecule has 2 heterocycles. The smallest absolute Gasteiger partial charge is 0.417 e. The predicted octanol–water partition coefficient (Wildman–Crippen LogP) is 4.92. The Labute approximate surface area is 156 Å². The van der Waals surface area contributed by atoms with E-state index in [1.807, 2.05) is 0 Å². The number of nitrogens with zero attached hydrogens (tertiary/aromatic N) is 2. The molecule has 0 unspecified atom stereocenters. The van der Waals surface area contributed by atoms with Crippen LogP contribution in [0.25, 0.3) is 0 Å². The SMILES string of the molecule is FC(F)(F)c1ccc(Oc2ccc(OCCCN3CC=CCC3)cc2)nc1. The highest BCUT2D eigenvalue weighted by Gasteiger charge is 2.30. The van der Waals surface area contributed by atoms with Gasteiger partial charge in [0, 0.05) is 31.9 Å². The second kappa shape index (κ2) is 8.90. The molecule has 7 heteroatoms. The highest BCUT2D eigenvalue weighted by molar-refractivity contribution is 5.34. The molecule has 27 heavy (non-hydrogen) atoms. The third-order valence-electron chi connectivity index (χ3n) is 4.14. The molecule has 0 atom stereocenters. The Morgan fingerprint density at radius 1 is 1.00 bits per heavy atom. The average Bonchev–Trinajstić information content (AvgIpc) is 2.67. The average molecular weight is 378 g/mol. The summed E-state index contributed by atoms with van der Waals surface area (Å²) >= 11 is 0. The maximum atomic E-state index is 12.5. The van der Waals surface area contributed by atoms with Crippen molar-refractivity contribution >= 4 is 0 Å². The number of ether oxygens (including phenoxy) is 2. The zero-order valence-corrected chi connectivity index (χ0v) is 14.8. The number of halogens is 3. The first kappa shape index (κ1) is 19.2. The van der Waals surface area contributed by atoms with Gasteiger partial charge in [-0.15, -0.1) is 0 Å². The lowest BCUT2D eigenvalue weighted by molar-refractivity contribution is -0.137. The summed E-state index contributed by atoms with van der Waals surface area (Å²) in [5.74, 6) is 1.31. The number of hydrogen-bond acceptors (Lipinski definition) is 4. The number of rotatable bonds is 7. The van der Waals surface area contributed by atoms with Crippen molar-refractivity contribution in [2.75, 3.05) is 26.2 Å². The molecule has 1 aliphatic heterocycles. The standard InChI is InChI=1S/C20H21F3N2O2/c21-20(22,23)16-5-10-19(24-15-16)27-18-8-6-17(7-9-18)26-14-4-13-25-11-2-1-3-12-25/h1-2,5-10,15H,3-4,11-14H2. The van der Waals surface area contributed by atoms with Crippen LogP contribution in [0.5, 0.6) is 17.4 Å². The van der Waals surface area contributed by atoms with Crippen molar-refractivity contribution in [3.05, 3.63) is 60.3 Å². The Kier molecular flexibility index (Phi) is 6.34. The first-order chi connectivity index (χ1) is 13.0. The molecule has 0 saturated carbocycles. The summed E-state index contributed by atoms with van der Waals surface area (Å²) in [6, 6.07) is 9.07. The number of hydrogen-bond donors (Lipinski definition) is 0. The Morgan fingerprint density at radius 3 is 2.41 bits per heavy atom. The van der Waals surface area contributed by atoms with Gasteiger partial charge in [-0.1, -0.05) is 12.2 Å². The first-order valence-corrected chi connectivity index (χ1v) is 8.82. The Hall–Kier alpha value is -2.54. The second-order valence-corrected chi connectivity index (χ2v) is 6.22. The Morgan fingerprint density at radius 2 is 1.78 bits per heavy atom. The van der Waals surface area contributed by atoms with Crippen molar-refractivity contribution in [2.24, 2.45) is 0 Å². The molecule has 1 aliphatic rings. The zero-order valence-electron chi connectivity index (χ0n) is 14.8. The van der Waals surface area contributed by atoms with Gasteiger partial charge < -0.3 is 9.47 Å². The fraction of sp³-hybridized carbons (Fsp3) is 0.350. The Balaban J connectivity index is 1.43. The van der Waals surface area contributed by atoms with Gasteiger partial charge in [-0.3, -0.25) is 4.90 Å². The lowest BCUT2D eigenvalue weighted by Crippen LogP contribution is -2.29. The highest BCUT2D eigenvalue weighted by atomic mass is 19.4. The quantitative estimate of drug-likeness (QED) is 0.506. The van der Waals surface area contributed by atoms with Gasteiger partial charge in [-0.2, -0.15) is 13.2 Å². The van der Waals surface area contributed by atoms with Crippen LogP contribution in [0.15, 0.2) is 54.7 Å². The largest absolute Gasteiger partial charge is 0.494 e. The first-order valence-electron chi connectivity index (χ1n) is 8.82. The van der Waals surface area contributed by atoms with Crippen LogP contribution in [-0.4, -0.2) is 36.1 Å². The fourth-order valence-electron chi connectivity index (χ4n) is 2.70. The zero-order chi connectivity index (χ0) is 19.1. The van der Waals surface area contributed by atoms with Crippen LogP contribution >= 0.6 is 0 Å². The van der Waals surface area contributed by atoms with E-state index in [2.05, 4.69) is 22.0 Å². The molecule has 1 aromatic carbocycles. The number of pyridine rings is 1. The van der Waals surface area contributed by atoms with Crippen LogP contribution in [0.4, 0.5) is 13.2 Å². The second-order valence-electron chi connectivity index (χ2n) is 6.22. The van der Waals surface area contributed by atoms with Gasteiger partial charge in [0.2, 0.25) is 5.88 Å². The summed E-state index contributed by atoms with van der Waals surface area (Å²) in [6.07, 6.45) is 2.79. The van der Waals surface area contributed by atoms with Crippen LogP contribution in [0, 0.1) is 0 Å². The van der Waals surface area contributed by atoms with Crippen LogP contribution < -0.4 is 9.47 Å². The number of benzene rings is 1. The normalized spacial score (nSPS) is 14.9. The van der Waals surface area contributed by atoms with Crippen molar-refractivity contribution in [3.8, 4) is 17.4 Å². The van der Waals surface area contributed by atoms with E-state index in [9.17, 15) is 13.2 Å². The summed E-state index contributed by atoms with van der Waals surface area (Å²) in [4.78, 5) is 6.07. The van der Waals surface area contributed by atoms with Gasteiger partial charge in [-0.05, 0) is 43.2 Å². The summed E-state index contributed by atoms with van der Waals surface area (Å²) in [5.41, 5.74) is -0.806. The minimum atomic E-state index is -4.41. The molecular formula is C20H21F3N2O2. The summed E-state index contributed by atoms with van der Waals surface area (Å²) in [7, 11) is 0. The van der Waals surface area contributed by atoms with E-state index in [0.29, 0.717) is 12.4 Å². The maximum Gasteiger partial charge on any atom is 0.417 e. The minimum absolute atomic E-state index is 0.104. The molecule has 1 aromatic heterocycles. The highest BCUT2D eigenvalue weighted by Crippen LogP contribution is 2.30. The summed E-state index contributed by atoms with van der Waals surface area (Å²) in [6.45, 7) is 3.73. The van der Waals surface area contributed by atoms with Crippen molar-refractivity contribution in [2.45, 2.75) is 19.0 Å². The van der Waals surface area contributed by atoms with E-state index < -0.39 is 11.7 Å². The molecule has 2 aromatic rings. The molecule has 0 bridgehead atoms. The van der Waals surface area contributed by atoms with Crippen molar-refractivity contribution in [3.63, 3.8) is 0 Å². The Bertz CT molecular complexity index is 743. The van der Waals surface area contributed by atoms with Gasteiger partial charge in [0.25, 0.3) is 0 Å². The van der Waals surface area contributed by atoms with Crippen LogP contribution in [0.1, 0.15) is 18.4 Å². The molecule has 3 rings (SSSR count). The molecular weight excluding hydrogens is 357 g/mol. The van der Waals surface area contributed by atoms with E-state index in [1.54, 1.807) is 24.3 Å². The van der Waals surface area contributed by atoms with E-state index in [0.717, 1.165) is 50.5 Å². The van der Waals surface area contributed by atoms with Crippen LogP contribution in [0.2, 0.25) is 0 Å². The molecule has 0 fully saturated rings. The van der Waals surface area contributed by atoms with Crippen LogP contribution in [0.3, 0.4) is 0 Å². The van der Waals surface area contributed by atoms with Crippen molar-refractivity contribution < 1.29 is 22.6 Å². The van der Waals surface area contributed by atoms with Gasteiger partial charge in [0.05, 0.1) is 12.2 Å². The maximum absolute atomic E-state index is 12.5. The molecule has 4 nitrogen and oxygen atoms in total. The predicted molar refractivity (Wildman–Crippen MR) is 96.1 cm³/mol. The topological polar surface area (TPSA) is 34.6 Å². The van der Waals surface area contributed by atoms with Gasteiger partial charge in [0.1, 0.15) is 11.5 Å². The summed E-state index contributed by atoms with van der Waals surface area (Å²) < 4.78 is 48.7. The van der Waals surface area contributed by atoms with Gasteiger partial charge in [0.15, 0.2) is 0 Å². The van der Waals surface area contributed by atoms with E-state index in [-0.39, 0.29) is 5.88 Å². The third kappa shape index (κ3) is 5.99. The number of alkyl halides is 3. The van der Waals surface area contributed by atoms with Crippen LogP contribution in [-0.2, 0) is 6.18 Å². The van der Waals surface area contributed by atoms with E-state index in [1.165, 1.54) is 6.07 Å². The monoisotopic (exact) mass is 378 g/mol. The van der Waals surface area contributed by atoms with Gasteiger partial charge in [-0.25, -0.2) is 4.98 Å². The molecule has 144 valence electrons. The number of aromatic nitrogens is 1. The van der Waals surface area contributed by atoms with Gasteiger partial charge >= 0.3 is 6.18 Å². The minimum Gasteiger partial charge on any atom is -0.494 e. The lowest BCUT2D eigenvalue weighted by Gasteiger charge is -2.22. The molecule has 0 N–H and O–H groups in total. The molecule has 0 radical (unpaired) electrons. The molecule has 0 amide bonds. The van der Waals surface area contributed by atoms with E-state index in [4.69, 9.17) is 9.47 Å². The summed E-state index contributed by atoms with van der Waals surface area (Å²) in [5, 5.41) is 0.